The zero-order chi connectivity index (χ0) is 10.5. The van der Waals surface area contributed by atoms with E-state index in [1.54, 1.807) is 4.90 Å². The Balaban J connectivity index is 1.92. The fourth-order valence-corrected chi connectivity index (χ4v) is 2.56. The molecule has 0 amide bonds. The van der Waals surface area contributed by atoms with Crippen molar-refractivity contribution in [2.24, 2.45) is 0 Å². The van der Waals surface area contributed by atoms with Crippen molar-refractivity contribution < 1.29 is 4.90 Å². The second kappa shape index (κ2) is 5.66. The standard InChI is InChI=1S/C13H18BrN/c14-13-7-5-12(6-8-13)11-15-9-3-1-2-4-10-15/h5-8H,1-4,9-11H2/p+1. The molecule has 0 saturated carbocycles. The Bertz CT molecular complexity index is 286. The molecule has 1 heterocycles. The summed E-state index contributed by atoms with van der Waals surface area (Å²) in [6.07, 6.45) is 5.69. The zero-order valence-corrected chi connectivity index (χ0v) is 10.7. The molecule has 15 heavy (non-hydrogen) atoms. The van der Waals surface area contributed by atoms with Gasteiger partial charge in [0.15, 0.2) is 0 Å². The van der Waals surface area contributed by atoms with Crippen molar-refractivity contribution in [3.05, 3.63) is 34.3 Å². The summed E-state index contributed by atoms with van der Waals surface area (Å²) in [7, 11) is 0. The summed E-state index contributed by atoms with van der Waals surface area (Å²) >= 11 is 3.48. The molecule has 2 rings (SSSR count). The first-order chi connectivity index (χ1) is 7.34. The summed E-state index contributed by atoms with van der Waals surface area (Å²) in [6, 6.07) is 8.77. The molecule has 0 aliphatic carbocycles. The van der Waals surface area contributed by atoms with Crippen LogP contribution in [0.2, 0.25) is 0 Å². The van der Waals surface area contributed by atoms with Crippen LogP contribution in [0, 0.1) is 0 Å². The first-order valence-electron chi connectivity index (χ1n) is 5.92. The maximum absolute atomic E-state index is 3.48. The summed E-state index contributed by atoms with van der Waals surface area (Å²) in [4.78, 5) is 1.76. The van der Waals surface area contributed by atoms with Crippen molar-refractivity contribution in [3.8, 4) is 0 Å². The highest BCUT2D eigenvalue weighted by atomic mass is 79.9. The Labute approximate surface area is 101 Å². The van der Waals surface area contributed by atoms with Crippen LogP contribution >= 0.6 is 15.9 Å². The Hall–Kier alpha value is -0.340. The smallest absolute Gasteiger partial charge is 0.103 e. The van der Waals surface area contributed by atoms with Crippen LogP contribution in [0.5, 0.6) is 0 Å². The molecule has 1 N–H and O–H groups in total. The monoisotopic (exact) mass is 268 g/mol. The topological polar surface area (TPSA) is 4.44 Å². The second-order valence-electron chi connectivity index (χ2n) is 4.47. The van der Waals surface area contributed by atoms with E-state index in [9.17, 15) is 0 Å². The van der Waals surface area contributed by atoms with E-state index in [0.717, 1.165) is 0 Å². The molecule has 0 aromatic heterocycles. The van der Waals surface area contributed by atoms with Crippen molar-refractivity contribution >= 4 is 15.9 Å². The average Bonchev–Trinajstić information content (AvgIpc) is 2.50. The lowest BCUT2D eigenvalue weighted by atomic mass is 10.2. The average molecular weight is 269 g/mol. The predicted molar refractivity (Wildman–Crippen MR) is 67.0 cm³/mol. The van der Waals surface area contributed by atoms with Crippen LogP contribution < -0.4 is 4.90 Å². The van der Waals surface area contributed by atoms with E-state index in [1.807, 2.05) is 0 Å². The summed E-state index contributed by atoms with van der Waals surface area (Å²) in [5.41, 5.74) is 1.47. The third kappa shape index (κ3) is 3.62. The first kappa shape index (κ1) is 11.2. The summed E-state index contributed by atoms with van der Waals surface area (Å²) in [6.45, 7) is 3.92. The van der Waals surface area contributed by atoms with Gasteiger partial charge in [0.1, 0.15) is 6.54 Å². The fourth-order valence-electron chi connectivity index (χ4n) is 2.30. The van der Waals surface area contributed by atoms with Gasteiger partial charge in [-0.1, -0.05) is 28.1 Å². The Kier molecular flexibility index (Phi) is 4.21. The highest BCUT2D eigenvalue weighted by Gasteiger charge is 2.12. The summed E-state index contributed by atoms with van der Waals surface area (Å²) in [5, 5.41) is 0. The van der Waals surface area contributed by atoms with Gasteiger partial charge in [-0.05, 0) is 37.8 Å². The van der Waals surface area contributed by atoms with Gasteiger partial charge < -0.3 is 4.90 Å². The van der Waals surface area contributed by atoms with Gasteiger partial charge in [-0.25, -0.2) is 0 Å². The number of benzene rings is 1. The lowest BCUT2D eigenvalue weighted by molar-refractivity contribution is -0.913. The molecule has 1 saturated heterocycles. The molecule has 1 aromatic carbocycles. The minimum Gasteiger partial charge on any atom is -0.331 e. The second-order valence-corrected chi connectivity index (χ2v) is 5.38. The third-order valence-electron chi connectivity index (χ3n) is 3.18. The van der Waals surface area contributed by atoms with Crippen LogP contribution in [0.15, 0.2) is 28.7 Å². The van der Waals surface area contributed by atoms with E-state index in [-0.39, 0.29) is 0 Å². The van der Waals surface area contributed by atoms with E-state index in [0.29, 0.717) is 0 Å². The Morgan fingerprint density at radius 2 is 1.53 bits per heavy atom. The first-order valence-corrected chi connectivity index (χ1v) is 6.72. The number of quaternary nitrogens is 1. The highest BCUT2D eigenvalue weighted by molar-refractivity contribution is 9.10. The third-order valence-corrected chi connectivity index (χ3v) is 3.71. The normalized spacial score (nSPS) is 18.7. The number of hydrogen-bond acceptors (Lipinski definition) is 0. The number of rotatable bonds is 2. The van der Waals surface area contributed by atoms with Gasteiger partial charge >= 0.3 is 0 Å². The quantitative estimate of drug-likeness (QED) is 0.841. The predicted octanol–water partition coefficient (Wildman–Crippen LogP) is 2.41. The number of halogens is 1. The zero-order valence-electron chi connectivity index (χ0n) is 9.14. The van der Waals surface area contributed by atoms with Crippen molar-refractivity contribution in [3.63, 3.8) is 0 Å². The number of nitrogens with one attached hydrogen (secondary N) is 1. The lowest BCUT2D eigenvalue weighted by Crippen LogP contribution is -3.10. The van der Waals surface area contributed by atoms with Gasteiger partial charge in [0.2, 0.25) is 0 Å². The lowest BCUT2D eigenvalue weighted by Gasteiger charge is -2.16. The van der Waals surface area contributed by atoms with Crippen molar-refractivity contribution in [1.82, 2.24) is 0 Å². The molecule has 1 aliphatic heterocycles. The van der Waals surface area contributed by atoms with Crippen LogP contribution in [0.4, 0.5) is 0 Å². The molecule has 1 aliphatic rings. The van der Waals surface area contributed by atoms with Gasteiger partial charge in [-0.2, -0.15) is 0 Å². The van der Waals surface area contributed by atoms with Crippen molar-refractivity contribution in [2.45, 2.75) is 32.2 Å². The minimum atomic E-state index is 1.18. The van der Waals surface area contributed by atoms with Gasteiger partial charge in [0.05, 0.1) is 13.1 Å². The van der Waals surface area contributed by atoms with E-state index in [1.165, 1.54) is 55.4 Å². The molecule has 0 unspecified atom stereocenters. The minimum absolute atomic E-state index is 1.18. The molecule has 1 nitrogen and oxygen atoms in total. The largest absolute Gasteiger partial charge is 0.331 e. The molecule has 0 bridgehead atoms. The van der Waals surface area contributed by atoms with Gasteiger partial charge in [-0.15, -0.1) is 0 Å². The van der Waals surface area contributed by atoms with Crippen LogP contribution in [0.25, 0.3) is 0 Å². The summed E-state index contributed by atoms with van der Waals surface area (Å²) < 4.78 is 1.18. The number of likely N-dealkylation sites (tertiary alicyclic amines) is 1. The Morgan fingerprint density at radius 1 is 0.933 bits per heavy atom. The Morgan fingerprint density at radius 3 is 2.13 bits per heavy atom. The van der Waals surface area contributed by atoms with Crippen LogP contribution in [-0.2, 0) is 6.54 Å². The van der Waals surface area contributed by atoms with Gasteiger partial charge in [0.25, 0.3) is 0 Å². The van der Waals surface area contributed by atoms with Gasteiger partial charge in [-0.3, -0.25) is 0 Å². The molecular weight excluding hydrogens is 250 g/mol. The van der Waals surface area contributed by atoms with E-state index in [2.05, 4.69) is 40.2 Å². The molecule has 1 aromatic rings. The fraction of sp³-hybridized carbons (Fsp3) is 0.538. The molecule has 1 fully saturated rings. The van der Waals surface area contributed by atoms with Crippen LogP contribution in [0.1, 0.15) is 31.2 Å². The SMILES string of the molecule is Brc1ccc(C[NH+]2CCCCCC2)cc1. The number of hydrogen-bond donors (Lipinski definition) is 1. The summed E-state index contributed by atoms with van der Waals surface area (Å²) in [5.74, 6) is 0. The highest BCUT2D eigenvalue weighted by Crippen LogP contribution is 2.10. The van der Waals surface area contributed by atoms with Crippen molar-refractivity contribution in [1.29, 1.82) is 0 Å². The molecule has 0 radical (unpaired) electrons. The van der Waals surface area contributed by atoms with E-state index >= 15 is 0 Å². The molecule has 0 spiro atoms. The molecule has 82 valence electrons. The van der Waals surface area contributed by atoms with Crippen LogP contribution in [0.3, 0.4) is 0 Å². The van der Waals surface area contributed by atoms with E-state index < -0.39 is 0 Å². The van der Waals surface area contributed by atoms with Crippen LogP contribution in [-0.4, -0.2) is 13.1 Å². The molecule has 0 atom stereocenters. The maximum atomic E-state index is 3.48. The van der Waals surface area contributed by atoms with Gasteiger partial charge in [0, 0.05) is 10.0 Å². The van der Waals surface area contributed by atoms with E-state index in [4.69, 9.17) is 0 Å². The molecule has 2 heteroatoms. The molecular formula is C13H19BrN+. The van der Waals surface area contributed by atoms with Crippen molar-refractivity contribution in [2.75, 3.05) is 13.1 Å². The maximum Gasteiger partial charge on any atom is 0.103 e.